The molecule has 196 valence electrons. The van der Waals surface area contributed by atoms with E-state index in [0.29, 0.717) is 17.6 Å². The molecule has 2 aromatic carbocycles. The van der Waals surface area contributed by atoms with Crippen molar-refractivity contribution in [3.05, 3.63) is 89.7 Å². The van der Waals surface area contributed by atoms with Gasteiger partial charge >= 0.3 is 0 Å². The topological polar surface area (TPSA) is 76.1 Å². The second-order valence-corrected chi connectivity index (χ2v) is 10.3. The second-order valence-electron chi connectivity index (χ2n) is 9.93. The van der Waals surface area contributed by atoms with Crippen LogP contribution in [0.2, 0.25) is 5.02 Å². The third-order valence-electron chi connectivity index (χ3n) is 7.09. The number of rotatable bonds is 6. The minimum atomic E-state index is 0.510. The third kappa shape index (κ3) is 5.96. The van der Waals surface area contributed by atoms with E-state index in [1.54, 1.807) is 6.08 Å². The standard InChI is InChI=1S/C18H15ClN2.C12H19N5/c1-2-12-6-7-15-16(19)10-17(21-18(15)9-12)14-5-3-4-13(8-14)11-20;1-10(16-7-5-15(2)6-8-16)12-9-17(14-13-12)11-3-4-11/h2-10H,1,11,20H2;9,11H,1,3-8H2,2H3. The molecule has 3 heterocycles. The maximum absolute atomic E-state index is 6.39. The van der Waals surface area contributed by atoms with Crippen LogP contribution in [0, 0.1) is 0 Å². The van der Waals surface area contributed by atoms with Gasteiger partial charge in [0.05, 0.1) is 34.2 Å². The summed E-state index contributed by atoms with van der Waals surface area (Å²) in [7, 11) is 2.16. The van der Waals surface area contributed by atoms with E-state index in [9.17, 15) is 0 Å². The Balaban J connectivity index is 0.000000158. The lowest BCUT2D eigenvalue weighted by Gasteiger charge is -2.34. The molecule has 2 N–H and O–H groups in total. The molecule has 0 bridgehead atoms. The summed E-state index contributed by atoms with van der Waals surface area (Å²) in [5.74, 6) is 0. The van der Waals surface area contributed by atoms with E-state index in [2.05, 4.69) is 40.3 Å². The zero-order chi connectivity index (χ0) is 26.6. The molecular formula is C30H34ClN7. The zero-order valence-corrected chi connectivity index (χ0v) is 22.6. The number of pyridine rings is 1. The number of hydrogen-bond donors (Lipinski definition) is 1. The van der Waals surface area contributed by atoms with E-state index >= 15 is 0 Å². The van der Waals surface area contributed by atoms with Crippen LogP contribution in [0.1, 0.15) is 35.7 Å². The maximum Gasteiger partial charge on any atom is 0.128 e. The second kappa shape index (κ2) is 11.5. The number of likely N-dealkylation sites (N-methyl/N-ethyl adjacent to an activating group) is 1. The molecule has 0 atom stereocenters. The lowest BCUT2D eigenvalue weighted by molar-refractivity contribution is 0.207. The van der Waals surface area contributed by atoms with E-state index < -0.39 is 0 Å². The average molecular weight is 528 g/mol. The van der Waals surface area contributed by atoms with Crippen molar-refractivity contribution < 1.29 is 0 Å². The molecular weight excluding hydrogens is 494 g/mol. The maximum atomic E-state index is 6.39. The van der Waals surface area contributed by atoms with Crippen molar-refractivity contribution in [2.75, 3.05) is 33.2 Å². The Hall–Kier alpha value is -3.52. The summed E-state index contributed by atoms with van der Waals surface area (Å²) in [6.07, 6.45) is 6.32. The smallest absolute Gasteiger partial charge is 0.128 e. The Morgan fingerprint density at radius 1 is 1.11 bits per heavy atom. The van der Waals surface area contributed by atoms with E-state index in [1.807, 2.05) is 59.4 Å². The monoisotopic (exact) mass is 527 g/mol. The van der Waals surface area contributed by atoms with Gasteiger partial charge in [0.2, 0.25) is 0 Å². The van der Waals surface area contributed by atoms with Gasteiger partial charge in [-0.3, -0.25) is 0 Å². The molecule has 7 nitrogen and oxygen atoms in total. The first-order chi connectivity index (χ1) is 18.4. The predicted molar refractivity (Wildman–Crippen MR) is 157 cm³/mol. The molecule has 2 aromatic heterocycles. The van der Waals surface area contributed by atoms with Crippen LogP contribution in [0.3, 0.4) is 0 Å². The van der Waals surface area contributed by atoms with Gasteiger partial charge in [-0.25, -0.2) is 9.67 Å². The van der Waals surface area contributed by atoms with Crippen molar-refractivity contribution >= 4 is 34.3 Å². The lowest BCUT2D eigenvalue weighted by Crippen LogP contribution is -2.43. The van der Waals surface area contributed by atoms with Crippen molar-refractivity contribution in [3.63, 3.8) is 0 Å². The molecule has 0 unspecified atom stereocenters. The van der Waals surface area contributed by atoms with Crippen molar-refractivity contribution in [2.45, 2.75) is 25.4 Å². The fourth-order valence-electron chi connectivity index (χ4n) is 4.50. The van der Waals surface area contributed by atoms with Crippen LogP contribution in [0.25, 0.3) is 33.9 Å². The number of aromatic nitrogens is 4. The highest BCUT2D eigenvalue weighted by Gasteiger charge is 2.26. The highest BCUT2D eigenvalue weighted by molar-refractivity contribution is 6.35. The summed E-state index contributed by atoms with van der Waals surface area (Å²) in [5.41, 5.74) is 12.5. The first-order valence-electron chi connectivity index (χ1n) is 13.0. The molecule has 2 aliphatic rings. The van der Waals surface area contributed by atoms with Crippen LogP contribution >= 0.6 is 11.6 Å². The average Bonchev–Trinajstić information content (AvgIpc) is 3.69. The first kappa shape index (κ1) is 26.1. The number of nitrogens with zero attached hydrogens (tertiary/aromatic N) is 6. The quantitative estimate of drug-likeness (QED) is 0.357. The predicted octanol–water partition coefficient (Wildman–Crippen LogP) is 5.49. The minimum Gasteiger partial charge on any atom is -0.368 e. The lowest BCUT2D eigenvalue weighted by atomic mass is 10.1. The third-order valence-corrected chi connectivity index (χ3v) is 7.40. The van der Waals surface area contributed by atoms with Crippen molar-refractivity contribution in [2.24, 2.45) is 5.73 Å². The molecule has 1 saturated carbocycles. The van der Waals surface area contributed by atoms with Gasteiger partial charge in [0.1, 0.15) is 5.69 Å². The molecule has 0 spiro atoms. The Kier molecular flexibility index (Phi) is 7.88. The number of fused-ring (bicyclic) bond motifs is 1. The molecule has 0 amide bonds. The van der Waals surface area contributed by atoms with Crippen molar-refractivity contribution in [3.8, 4) is 11.3 Å². The van der Waals surface area contributed by atoms with Gasteiger partial charge in [-0.2, -0.15) is 0 Å². The molecule has 1 aliphatic carbocycles. The number of halogens is 1. The van der Waals surface area contributed by atoms with Gasteiger partial charge in [-0.15, -0.1) is 5.10 Å². The summed E-state index contributed by atoms with van der Waals surface area (Å²) in [6.45, 7) is 12.7. The highest BCUT2D eigenvalue weighted by atomic mass is 35.5. The van der Waals surface area contributed by atoms with E-state index in [-0.39, 0.29) is 0 Å². The zero-order valence-electron chi connectivity index (χ0n) is 21.9. The summed E-state index contributed by atoms with van der Waals surface area (Å²) in [4.78, 5) is 9.36. The number of benzene rings is 2. The molecule has 6 rings (SSSR count). The van der Waals surface area contributed by atoms with Gasteiger partial charge in [-0.05, 0) is 49.2 Å². The minimum absolute atomic E-state index is 0.510. The van der Waals surface area contributed by atoms with E-state index in [0.717, 1.165) is 70.9 Å². The van der Waals surface area contributed by atoms with Gasteiger partial charge < -0.3 is 15.5 Å². The Bertz CT molecular complexity index is 1450. The molecule has 4 aromatic rings. The summed E-state index contributed by atoms with van der Waals surface area (Å²) < 4.78 is 1.98. The van der Waals surface area contributed by atoms with Crippen LogP contribution in [-0.2, 0) is 6.54 Å². The fourth-order valence-corrected chi connectivity index (χ4v) is 4.76. The SMILES string of the molecule is C=C(c1cn(C2CC2)nn1)N1CCN(C)CC1.C=Cc1ccc2c(Cl)cc(-c3cccc(CN)c3)nc2c1. The summed E-state index contributed by atoms with van der Waals surface area (Å²) >= 11 is 6.39. The van der Waals surface area contributed by atoms with Gasteiger partial charge in [0, 0.05) is 43.7 Å². The molecule has 2 fully saturated rings. The largest absolute Gasteiger partial charge is 0.368 e. The van der Waals surface area contributed by atoms with Crippen LogP contribution in [0.4, 0.5) is 0 Å². The number of hydrogen-bond acceptors (Lipinski definition) is 6. The first-order valence-corrected chi connectivity index (χ1v) is 13.4. The van der Waals surface area contributed by atoms with Gasteiger partial charge in [-0.1, -0.05) is 66.4 Å². The van der Waals surface area contributed by atoms with Crippen LogP contribution in [0.15, 0.2) is 67.9 Å². The Labute approximate surface area is 229 Å². The molecule has 1 saturated heterocycles. The highest BCUT2D eigenvalue weighted by Crippen LogP contribution is 2.34. The van der Waals surface area contributed by atoms with Crippen LogP contribution in [0.5, 0.6) is 0 Å². The normalized spacial score (nSPS) is 15.7. The molecule has 38 heavy (non-hydrogen) atoms. The van der Waals surface area contributed by atoms with Crippen LogP contribution in [-0.4, -0.2) is 63.0 Å². The fraction of sp³-hybridized carbons (Fsp3) is 0.300. The molecule has 8 heteroatoms. The van der Waals surface area contributed by atoms with Crippen LogP contribution < -0.4 is 5.73 Å². The van der Waals surface area contributed by atoms with Gasteiger partial charge in [0.25, 0.3) is 0 Å². The number of nitrogens with two attached hydrogens (primary N) is 1. The Morgan fingerprint density at radius 2 is 1.89 bits per heavy atom. The summed E-state index contributed by atoms with van der Waals surface area (Å²) in [5, 5.41) is 10.1. The van der Waals surface area contributed by atoms with Crippen molar-refractivity contribution in [1.29, 1.82) is 0 Å². The Morgan fingerprint density at radius 3 is 2.61 bits per heavy atom. The summed E-state index contributed by atoms with van der Waals surface area (Å²) in [6, 6.07) is 16.5. The van der Waals surface area contributed by atoms with Crippen molar-refractivity contribution in [1.82, 2.24) is 29.8 Å². The van der Waals surface area contributed by atoms with E-state index in [4.69, 9.17) is 22.3 Å². The van der Waals surface area contributed by atoms with Gasteiger partial charge in [0.15, 0.2) is 0 Å². The number of piperazine rings is 1. The molecule has 1 aliphatic heterocycles. The van der Waals surface area contributed by atoms with E-state index in [1.165, 1.54) is 12.8 Å². The molecule has 0 radical (unpaired) electrons.